The van der Waals surface area contributed by atoms with E-state index in [0.29, 0.717) is 5.56 Å². The third-order valence-electron chi connectivity index (χ3n) is 4.99. The first kappa shape index (κ1) is 19.1. The molecule has 4 nitrogen and oxygen atoms in total. The number of imidazole rings is 1. The molecule has 0 aliphatic carbocycles. The molecule has 0 radical (unpaired) electrons. The third-order valence-corrected chi connectivity index (χ3v) is 4.99. The largest absolute Gasteiger partial charge is 0.346 e. The van der Waals surface area contributed by atoms with E-state index in [2.05, 4.69) is 23.7 Å². The van der Waals surface area contributed by atoms with Gasteiger partial charge >= 0.3 is 0 Å². The van der Waals surface area contributed by atoms with Gasteiger partial charge in [0.15, 0.2) is 0 Å². The highest BCUT2D eigenvalue weighted by atomic mass is 19.1. The predicted molar refractivity (Wildman–Crippen MR) is 106 cm³/mol. The van der Waals surface area contributed by atoms with E-state index in [9.17, 15) is 9.18 Å². The van der Waals surface area contributed by atoms with Gasteiger partial charge in [-0.15, -0.1) is 0 Å². The molecule has 5 heteroatoms. The minimum absolute atomic E-state index is 0.164. The second kappa shape index (κ2) is 7.14. The number of benzene rings is 2. The average Bonchev–Trinajstić information content (AvgIpc) is 3.01. The number of fused-ring (bicyclic) bond motifs is 1. The van der Waals surface area contributed by atoms with Crippen molar-refractivity contribution in [1.29, 1.82) is 0 Å². The fourth-order valence-corrected chi connectivity index (χ4v) is 3.36. The van der Waals surface area contributed by atoms with Crippen LogP contribution in [0.25, 0.3) is 11.0 Å². The molecule has 1 N–H and O–H groups in total. The summed E-state index contributed by atoms with van der Waals surface area (Å²) < 4.78 is 15.8. The Hall–Kier alpha value is -2.69. The molecule has 2 aromatic carbocycles. The number of para-hydroxylation sites is 2. The summed E-state index contributed by atoms with van der Waals surface area (Å²) in [5, 5.41) is 3.07. The van der Waals surface area contributed by atoms with E-state index in [1.807, 2.05) is 31.2 Å². The Kier molecular flexibility index (Phi) is 5.05. The molecule has 1 amide bonds. The SMILES string of the molecule is CC(C)n1c([C@@H](C)NC(=O)C(C)(C)c2cccc(F)c2)nc2ccccc21. The van der Waals surface area contributed by atoms with Gasteiger partial charge in [-0.25, -0.2) is 9.37 Å². The van der Waals surface area contributed by atoms with Crippen LogP contribution in [0.1, 0.15) is 58.1 Å². The van der Waals surface area contributed by atoms with Crippen molar-refractivity contribution in [3.63, 3.8) is 0 Å². The highest BCUT2D eigenvalue weighted by molar-refractivity contribution is 5.87. The molecule has 3 rings (SSSR count). The highest BCUT2D eigenvalue weighted by Gasteiger charge is 2.32. The van der Waals surface area contributed by atoms with Gasteiger partial charge in [0.2, 0.25) is 5.91 Å². The van der Waals surface area contributed by atoms with Crippen LogP contribution < -0.4 is 5.32 Å². The molecule has 27 heavy (non-hydrogen) atoms. The van der Waals surface area contributed by atoms with Crippen molar-refractivity contribution in [3.8, 4) is 0 Å². The molecule has 1 aromatic heterocycles. The molecule has 3 aromatic rings. The highest BCUT2D eigenvalue weighted by Crippen LogP contribution is 2.28. The second-order valence-corrected chi connectivity index (χ2v) is 7.75. The van der Waals surface area contributed by atoms with Crippen LogP contribution in [0.15, 0.2) is 48.5 Å². The fourth-order valence-electron chi connectivity index (χ4n) is 3.36. The van der Waals surface area contributed by atoms with Gasteiger partial charge in [-0.3, -0.25) is 4.79 Å². The van der Waals surface area contributed by atoms with E-state index in [1.165, 1.54) is 12.1 Å². The molecule has 1 heterocycles. The summed E-state index contributed by atoms with van der Waals surface area (Å²) in [5.41, 5.74) is 1.75. The smallest absolute Gasteiger partial charge is 0.230 e. The molecule has 0 unspecified atom stereocenters. The number of amides is 1. The number of aromatic nitrogens is 2. The Morgan fingerprint density at radius 1 is 1.11 bits per heavy atom. The first-order chi connectivity index (χ1) is 12.7. The van der Waals surface area contributed by atoms with Crippen molar-refractivity contribution in [2.75, 3.05) is 0 Å². The van der Waals surface area contributed by atoms with Gasteiger partial charge in [0.1, 0.15) is 11.6 Å². The van der Waals surface area contributed by atoms with E-state index in [-0.39, 0.29) is 23.8 Å². The number of nitrogens with one attached hydrogen (secondary N) is 1. The van der Waals surface area contributed by atoms with Crippen LogP contribution in [0.4, 0.5) is 4.39 Å². The average molecular weight is 367 g/mol. The summed E-state index contributed by atoms with van der Waals surface area (Å²) >= 11 is 0. The first-order valence-corrected chi connectivity index (χ1v) is 9.25. The summed E-state index contributed by atoms with van der Waals surface area (Å²) in [5.74, 6) is 0.306. The van der Waals surface area contributed by atoms with E-state index in [0.717, 1.165) is 16.9 Å². The van der Waals surface area contributed by atoms with Crippen molar-refractivity contribution in [3.05, 3.63) is 65.7 Å². The Balaban J connectivity index is 1.91. The lowest BCUT2D eigenvalue weighted by molar-refractivity contribution is -0.126. The van der Waals surface area contributed by atoms with Gasteiger partial charge in [-0.1, -0.05) is 24.3 Å². The van der Waals surface area contributed by atoms with Crippen LogP contribution in [0.5, 0.6) is 0 Å². The number of halogens is 1. The standard InChI is InChI=1S/C22H26FN3O/c1-14(2)26-19-12-7-6-11-18(19)25-20(26)15(3)24-21(27)22(4,5)16-9-8-10-17(23)13-16/h6-15H,1-5H3,(H,24,27)/t15-/m1/s1. The van der Waals surface area contributed by atoms with Crippen molar-refractivity contribution in [2.24, 2.45) is 0 Å². The fraction of sp³-hybridized carbons (Fsp3) is 0.364. The minimum Gasteiger partial charge on any atom is -0.346 e. The third kappa shape index (κ3) is 3.59. The molecule has 0 aliphatic heterocycles. The number of carbonyl (C=O) groups is 1. The molecule has 0 spiro atoms. The Morgan fingerprint density at radius 3 is 2.48 bits per heavy atom. The summed E-state index contributed by atoms with van der Waals surface area (Å²) in [6.45, 7) is 9.73. The number of hydrogen-bond acceptors (Lipinski definition) is 2. The molecule has 0 fully saturated rings. The van der Waals surface area contributed by atoms with E-state index in [1.54, 1.807) is 26.0 Å². The van der Waals surface area contributed by atoms with Gasteiger partial charge in [0, 0.05) is 6.04 Å². The van der Waals surface area contributed by atoms with Gasteiger partial charge in [-0.2, -0.15) is 0 Å². The van der Waals surface area contributed by atoms with Crippen molar-refractivity contribution in [1.82, 2.24) is 14.9 Å². The normalized spacial score (nSPS) is 13.1. The summed E-state index contributed by atoms with van der Waals surface area (Å²) in [6.07, 6.45) is 0. The second-order valence-electron chi connectivity index (χ2n) is 7.75. The van der Waals surface area contributed by atoms with Gasteiger partial charge in [0.05, 0.1) is 22.5 Å². The number of nitrogens with zero attached hydrogens (tertiary/aromatic N) is 2. The lowest BCUT2D eigenvalue weighted by atomic mass is 9.83. The molecular weight excluding hydrogens is 341 g/mol. The monoisotopic (exact) mass is 367 g/mol. The van der Waals surface area contributed by atoms with Crippen molar-refractivity contribution >= 4 is 16.9 Å². The molecule has 0 bridgehead atoms. The Morgan fingerprint density at radius 2 is 1.81 bits per heavy atom. The van der Waals surface area contributed by atoms with Crippen molar-refractivity contribution in [2.45, 2.75) is 52.1 Å². The van der Waals surface area contributed by atoms with E-state index in [4.69, 9.17) is 4.98 Å². The van der Waals surface area contributed by atoms with Gasteiger partial charge in [-0.05, 0) is 64.4 Å². The van der Waals surface area contributed by atoms with Gasteiger partial charge in [0.25, 0.3) is 0 Å². The topological polar surface area (TPSA) is 46.9 Å². The lowest BCUT2D eigenvalue weighted by Crippen LogP contribution is -2.42. The van der Waals surface area contributed by atoms with E-state index < -0.39 is 5.41 Å². The zero-order valence-corrected chi connectivity index (χ0v) is 16.5. The number of carbonyl (C=O) groups excluding carboxylic acids is 1. The van der Waals surface area contributed by atoms with Crippen LogP contribution >= 0.6 is 0 Å². The Bertz CT molecular complexity index is 975. The van der Waals surface area contributed by atoms with Crippen molar-refractivity contribution < 1.29 is 9.18 Å². The molecule has 142 valence electrons. The minimum atomic E-state index is -0.856. The van der Waals surface area contributed by atoms with E-state index >= 15 is 0 Å². The predicted octanol–water partition coefficient (Wildman–Crippen LogP) is 4.91. The molecule has 0 aliphatic rings. The lowest BCUT2D eigenvalue weighted by Gasteiger charge is -2.27. The van der Waals surface area contributed by atoms with Crippen LogP contribution in [0, 0.1) is 5.82 Å². The summed E-state index contributed by atoms with van der Waals surface area (Å²) in [7, 11) is 0. The quantitative estimate of drug-likeness (QED) is 0.696. The van der Waals surface area contributed by atoms with Crippen LogP contribution in [0.2, 0.25) is 0 Å². The maximum Gasteiger partial charge on any atom is 0.230 e. The maximum absolute atomic E-state index is 13.6. The van der Waals surface area contributed by atoms with Gasteiger partial charge < -0.3 is 9.88 Å². The zero-order valence-electron chi connectivity index (χ0n) is 16.5. The molecule has 0 saturated carbocycles. The summed E-state index contributed by atoms with van der Waals surface area (Å²) in [4.78, 5) is 17.7. The first-order valence-electron chi connectivity index (χ1n) is 9.25. The zero-order chi connectivity index (χ0) is 19.8. The molecular formula is C22H26FN3O. The Labute approximate surface area is 159 Å². The molecule has 1 atom stereocenters. The number of rotatable bonds is 5. The van der Waals surface area contributed by atoms with Crippen LogP contribution in [-0.2, 0) is 10.2 Å². The molecule has 0 saturated heterocycles. The summed E-state index contributed by atoms with van der Waals surface area (Å²) in [6, 6.07) is 14.1. The van der Waals surface area contributed by atoms with Crippen LogP contribution in [-0.4, -0.2) is 15.5 Å². The van der Waals surface area contributed by atoms with Crippen LogP contribution in [0.3, 0.4) is 0 Å². The maximum atomic E-state index is 13.6. The number of hydrogen-bond donors (Lipinski definition) is 1.